The third-order valence-corrected chi connectivity index (χ3v) is 2.72. The van der Waals surface area contributed by atoms with Crippen LogP contribution in [0.1, 0.15) is 19.8 Å². The molecule has 1 N–H and O–H groups in total. The summed E-state index contributed by atoms with van der Waals surface area (Å²) in [6.07, 6.45) is 6.32. The molecule has 0 aromatic rings. The van der Waals surface area contributed by atoms with Gasteiger partial charge in [0.05, 0.1) is 7.11 Å². The molecule has 14 heavy (non-hydrogen) atoms. The van der Waals surface area contributed by atoms with Gasteiger partial charge in [-0.2, -0.15) is 0 Å². The van der Waals surface area contributed by atoms with Crippen molar-refractivity contribution in [3.05, 3.63) is 12.2 Å². The topological polar surface area (TPSA) is 55.4 Å². The Kier molecular flexibility index (Phi) is 3.28. The van der Waals surface area contributed by atoms with E-state index in [1.807, 2.05) is 12.2 Å². The molecule has 0 saturated heterocycles. The second-order valence-corrected chi connectivity index (χ2v) is 3.57. The first-order chi connectivity index (χ1) is 6.65. The molecule has 2 atom stereocenters. The van der Waals surface area contributed by atoms with Crippen LogP contribution >= 0.6 is 0 Å². The monoisotopic (exact) mass is 197 g/mol. The lowest BCUT2D eigenvalue weighted by molar-refractivity contribution is -0.150. The average Bonchev–Trinajstić information content (AvgIpc) is 2.70. The van der Waals surface area contributed by atoms with Gasteiger partial charge in [0.1, 0.15) is 5.54 Å². The Balaban J connectivity index is 2.84. The molecule has 4 heteroatoms. The summed E-state index contributed by atoms with van der Waals surface area (Å²) >= 11 is 0. The lowest BCUT2D eigenvalue weighted by Gasteiger charge is -2.31. The van der Waals surface area contributed by atoms with E-state index < -0.39 is 11.5 Å². The van der Waals surface area contributed by atoms with Crippen molar-refractivity contribution in [2.45, 2.75) is 25.3 Å². The van der Waals surface area contributed by atoms with Crippen LogP contribution in [0, 0.1) is 5.92 Å². The number of carbonyl (C=O) groups is 2. The van der Waals surface area contributed by atoms with Gasteiger partial charge in [0.2, 0.25) is 6.41 Å². The zero-order valence-corrected chi connectivity index (χ0v) is 8.45. The minimum Gasteiger partial charge on any atom is -0.467 e. The number of esters is 1. The van der Waals surface area contributed by atoms with E-state index in [1.54, 1.807) is 6.92 Å². The maximum atomic E-state index is 11.5. The van der Waals surface area contributed by atoms with Gasteiger partial charge in [0.15, 0.2) is 0 Å². The van der Waals surface area contributed by atoms with Gasteiger partial charge in [-0.3, -0.25) is 4.79 Å². The van der Waals surface area contributed by atoms with E-state index in [0.29, 0.717) is 6.41 Å². The van der Waals surface area contributed by atoms with E-state index in [0.717, 1.165) is 12.8 Å². The summed E-state index contributed by atoms with van der Waals surface area (Å²) in [5.74, 6) is -0.374. The Bertz CT molecular complexity index is 262. The Morgan fingerprint density at radius 2 is 2.43 bits per heavy atom. The van der Waals surface area contributed by atoms with Gasteiger partial charge in [-0.15, -0.1) is 0 Å². The molecular formula is C10H15NO3. The highest BCUT2D eigenvalue weighted by atomic mass is 16.5. The molecule has 78 valence electrons. The van der Waals surface area contributed by atoms with Gasteiger partial charge >= 0.3 is 5.97 Å². The highest BCUT2D eigenvalue weighted by Gasteiger charge is 2.41. The van der Waals surface area contributed by atoms with Crippen molar-refractivity contribution in [3.8, 4) is 0 Å². The number of allylic oxidation sites excluding steroid dienone is 1. The number of amides is 1. The molecule has 1 aliphatic carbocycles. The van der Waals surface area contributed by atoms with Crippen molar-refractivity contribution < 1.29 is 14.3 Å². The SMILES string of the molecule is COC(=O)C(C)(NC=O)C1C=CCC1. The van der Waals surface area contributed by atoms with E-state index in [-0.39, 0.29) is 5.92 Å². The van der Waals surface area contributed by atoms with Gasteiger partial charge in [-0.25, -0.2) is 4.79 Å². The van der Waals surface area contributed by atoms with Crippen LogP contribution in [0.2, 0.25) is 0 Å². The van der Waals surface area contributed by atoms with E-state index >= 15 is 0 Å². The van der Waals surface area contributed by atoms with E-state index in [4.69, 9.17) is 0 Å². The van der Waals surface area contributed by atoms with E-state index in [9.17, 15) is 9.59 Å². The standard InChI is InChI=1S/C10H15NO3/c1-10(11-7-12,9(13)14-2)8-5-3-4-6-8/h3,5,7-8H,4,6H2,1-2H3,(H,11,12). The fraction of sp³-hybridized carbons (Fsp3) is 0.600. The second-order valence-electron chi connectivity index (χ2n) is 3.57. The highest BCUT2D eigenvalue weighted by molar-refractivity contribution is 5.83. The van der Waals surface area contributed by atoms with Crippen LogP contribution in [0.3, 0.4) is 0 Å². The first kappa shape index (κ1) is 10.8. The summed E-state index contributed by atoms with van der Waals surface area (Å²) in [5.41, 5.74) is -0.927. The molecule has 0 heterocycles. The van der Waals surface area contributed by atoms with Crippen molar-refractivity contribution in [2.75, 3.05) is 7.11 Å². The highest BCUT2D eigenvalue weighted by Crippen LogP contribution is 2.29. The van der Waals surface area contributed by atoms with E-state index in [2.05, 4.69) is 10.1 Å². The molecular weight excluding hydrogens is 182 g/mol. The maximum absolute atomic E-state index is 11.5. The van der Waals surface area contributed by atoms with Crippen LogP contribution in [0.5, 0.6) is 0 Å². The summed E-state index contributed by atoms with van der Waals surface area (Å²) in [7, 11) is 1.33. The minimum absolute atomic E-state index is 0.0279. The van der Waals surface area contributed by atoms with Crippen LogP contribution < -0.4 is 5.32 Å². The molecule has 0 spiro atoms. The molecule has 0 bridgehead atoms. The maximum Gasteiger partial charge on any atom is 0.331 e. The Hall–Kier alpha value is -1.32. The molecule has 1 aliphatic rings. The third kappa shape index (κ3) is 1.78. The summed E-state index contributed by atoms with van der Waals surface area (Å²) < 4.78 is 4.69. The van der Waals surface area contributed by atoms with Crippen LogP contribution in [-0.2, 0) is 14.3 Å². The first-order valence-corrected chi connectivity index (χ1v) is 4.61. The van der Waals surface area contributed by atoms with Crippen LogP contribution in [0.25, 0.3) is 0 Å². The number of methoxy groups -OCH3 is 1. The summed E-state index contributed by atoms with van der Waals surface area (Å²) in [5, 5.41) is 2.55. The molecule has 0 aromatic heterocycles. The Morgan fingerprint density at radius 1 is 1.71 bits per heavy atom. The zero-order chi connectivity index (χ0) is 10.6. The molecule has 0 saturated carbocycles. The van der Waals surface area contributed by atoms with Gasteiger partial charge in [-0.1, -0.05) is 12.2 Å². The van der Waals surface area contributed by atoms with Crippen molar-refractivity contribution in [1.29, 1.82) is 0 Å². The second kappa shape index (κ2) is 4.26. The number of hydrogen-bond donors (Lipinski definition) is 1. The van der Waals surface area contributed by atoms with Crippen molar-refractivity contribution in [2.24, 2.45) is 5.92 Å². The number of nitrogens with one attached hydrogen (secondary N) is 1. The largest absolute Gasteiger partial charge is 0.467 e. The summed E-state index contributed by atoms with van der Waals surface area (Å²) in [6.45, 7) is 1.69. The fourth-order valence-electron chi connectivity index (χ4n) is 1.77. The molecule has 4 nitrogen and oxygen atoms in total. The lowest BCUT2D eigenvalue weighted by atomic mass is 9.85. The number of ether oxygens (including phenoxy) is 1. The van der Waals surface area contributed by atoms with E-state index in [1.165, 1.54) is 7.11 Å². The first-order valence-electron chi connectivity index (χ1n) is 4.61. The zero-order valence-electron chi connectivity index (χ0n) is 8.45. The minimum atomic E-state index is -0.927. The van der Waals surface area contributed by atoms with Gasteiger partial charge < -0.3 is 10.1 Å². The van der Waals surface area contributed by atoms with Crippen LogP contribution in [0.15, 0.2) is 12.2 Å². The van der Waals surface area contributed by atoms with Gasteiger partial charge in [0.25, 0.3) is 0 Å². The predicted molar refractivity (Wildman–Crippen MR) is 51.5 cm³/mol. The van der Waals surface area contributed by atoms with Crippen LogP contribution in [0.4, 0.5) is 0 Å². The Morgan fingerprint density at radius 3 is 2.86 bits per heavy atom. The number of hydrogen-bond acceptors (Lipinski definition) is 3. The number of rotatable bonds is 4. The quantitative estimate of drug-likeness (QED) is 0.408. The molecule has 0 aliphatic heterocycles. The molecule has 0 fully saturated rings. The van der Waals surface area contributed by atoms with Crippen molar-refractivity contribution in [3.63, 3.8) is 0 Å². The molecule has 0 radical (unpaired) electrons. The predicted octanol–water partition coefficient (Wildman–Crippen LogP) is 0.630. The normalized spacial score (nSPS) is 24.0. The smallest absolute Gasteiger partial charge is 0.331 e. The molecule has 1 amide bonds. The van der Waals surface area contributed by atoms with Gasteiger partial charge in [-0.05, 0) is 19.8 Å². The average molecular weight is 197 g/mol. The molecule has 2 unspecified atom stereocenters. The van der Waals surface area contributed by atoms with Gasteiger partial charge in [0, 0.05) is 5.92 Å². The summed E-state index contributed by atoms with van der Waals surface area (Å²) in [4.78, 5) is 22.0. The third-order valence-electron chi connectivity index (χ3n) is 2.72. The van der Waals surface area contributed by atoms with Crippen molar-refractivity contribution in [1.82, 2.24) is 5.32 Å². The fourth-order valence-corrected chi connectivity index (χ4v) is 1.77. The lowest BCUT2D eigenvalue weighted by Crippen LogP contribution is -2.54. The molecule has 0 aromatic carbocycles. The Labute approximate surface area is 83.3 Å². The summed E-state index contributed by atoms with van der Waals surface area (Å²) in [6, 6.07) is 0. The van der Waals surface area contributed by atoms with Crippen LogP contribution in [-0.4, -0.2) is 25.0 Å². The van der Waals surface area contributed by atoms with Crippen molar-refractivity contribution >= 4 is 12.4 Å². The number of carbonyl (C=O) groups excluding carboxylic acids is 2. The molecule has 1 rings (SSSR count).